The van der Waals surface area contributed by atoms with Crippen LogP contribution in [0.4, 0.5) is 17.6 Å². The van der Waals surface area contributed by atoms with E-state index in [9.17, 15) is 17.6 Å². The van der Waals surface area contributed by atoms with Crippen LogP contribution in [0.1, 0.15) is 0 Å². The second-order valence-corrected chi connectivity index (χ2v) is 5.06. The Morgan fingerprint density at radius 3 is 2.19 bits per heavy atom. The first kappa shape index (κ1) is 14.1. The number of aromatic nitrogens is 2. The number of H-pyrrole nitrogens is 1. The molecule has 0 bridgehead atoms. The monoisotopic (exact) mass is 332 g/mol. The van der Waals surface area contributed by atoms with Gasteiger partial charge in [0, 0.05) is 18.2 Å². The Morgan fingerprint density at radius 1 is 0.952 bits per heavy atom. The fourth-order valence-corrected chi connectivity index (χ4v) is 2.54. The van der Waals surface area contributed by atoms with Crippen molar-refractivity contribution in [3.05, 3.63) is 57.3 Å². The van der Waals surface area contributed by atoms with Gasteiger partial charge < -0.3 is 4.98 Å². The van der Waals surface area contributed by atoms with Crippen molar-refractivity contribution in [3.63, 3.8) is 0 Å². The molecule has 0 aliphatic heterocycles. The van der Waals surface area contributed by atoms with Crippen molar-refractivity contribution in [3.8, 4) is 5.69 Å². The molecule has 0 aliphatic rings. The highest BCUT2D eigenvalue weighted by atomic mass is 35.5. The zero-order valence-corrected chi connectivity index (χ0v) is 11.6. The first-order valence-electron chi connectivity index (χ1n) is 5.63. The Morgan fingerprint density at radius 2 is 1.57 bits per heavy atom. The zero-order chi connectivity index (χ0) is 15.3. The summed E-state index contributed by atoms with van der Waals surface area (Å²) in [6.07, 6.45) is 0. The van der Waals surface area contributed by atoms with Crippen molar-refractivity contribution >= 4 is 34.9 Å². The van der Waals surface area contributed by atoms with Crippen LogP contribution in [0.2, 0.25) is 5.02 Å². The fourth-order valence-electron chi connectivity index (χ4n) is 2.07. The molecule has 108 valence electrons. The third-order valence-corrected chi connectivity index (χ3v) is 3.50. The molecule has 0 amide bonds. The summed E-state index contributed by atoms with van der Waals surface area (Å²) in [7, 11) is 0. The van der Waals surface area contributed by atoms with Gasteiger partial charge in [0.2, 0.25) is 0 Å². The third kappa shape index (κ3) is 2.22. The number of hydrogen-bond acceptors (Lipinski definition) is 1. The standard InChI is InChI=1S/C13H5ClF4N2S/c14-6-3-10-11(4-7(6)16)20(13(21)19-10)12-8(17)1-5(15)2-9(12)18/h1-4H,(H,19,21). The summed E-state index contributed by atoms with van der Waals surface area (Å²) in [6.45, 7) is 0. The van der Waals surface area contributed by atoms with Gasteiger partial charge in [0.1, 0.15) is 17.3 Å². The summed E-state index contributed by atoms with van der Waals surface area (Å²) in [5, 5.41) is -0.161. The van der Waals surface area contributed by atoms with Crippen LogP contribution in [0.15, 0.2) is 24.3 Å². The Kier molecular flexibility index (Phi) is 3.26. The van der Waals surface area contributed by atoms with Crippen molar-refractivity contribution < 1.29 is 17.6 Å². The second-order valence-electron chi connectivity index (χ2n) is 4.27. The minimum Gasteiger partial charge on any atom is -0.330 e. The minimum atomic E-state index is -1.15. The van der Waals surface area contributed by atoms with Crippen molar-refractivity contribution in [2.24, 2.45) is 0 Å². The van der Waals surface area contributed by atoms with Crippen molar-refractivity contribution in [1.82, 2.24) is 9.55 Å². The lowest BCUT2D eigenvalue weighted by Gasteiger charge is -2.08. The number of aromatic amines is 1. The molecule has 21 heavy (non-hydrogen) atoms. The molecule has 1 aromatic heterocycles. The second kappa shape index (κ2) is 4.85. The number of hydrogen-bond donors (Lipinski definition) is 1. The van der Waals surface area contributed by atoms with Gasteiger partial charge in [-0.3, -0.25) is 4.57 Å². The van der Waals surface area contributed by atoms with E-state index in [4.69, 9.17) is 23.8 Å². The molecule has 0 aliphatic carbocycles. The van der Waals surface area contributed by atoms with E-state index in [-0.39, 0.29) is 15.3 Å². The summed E-state index contributed by atoms with van der Waals surface area (Å²) in [5.41, 5.74) is -0.199. The number of nitrogens with zero attached hydrogens (tertiary/aromatic N) is 1. The summed E-state index contributed by atoms with van der Waals surface area (Å²) in [5.74, 6) is -4.14. The number of nitrogens with one attached hydrogen (secondary N) is 1. The lowest BCUT2D eigenvalue weighted by atomic mass is 10.2. The van der Waals surface area contributed by atoms with Gasteiger partial charge in [-0.25, -0.2) is 17.6 Å². The molecule has 0 saturated carbocycles. The average Bonchev–Trinajstić information content (AvgIpc) is 2.66. The van der Waals surface area contributed by atoms with E-state index in [1.807, 2.05) is 0 Å². The van der Waals surface area contributed by atoms with E-state index in [1.54, 1.807) is 0 Å². The van der Waals surface area contributed by atoms with Gasteiger partial charge >= 0.3 is 0 Å². The van der Waals surface area contributed by atoms with E-state index in [0.29, 0.717) is 17.6 Å². The maximum absolute atomic E-state index is 13.9. The molecule has 2 aromatic carbocycles. The highest BCUT2D eigenvalue weighted by Gasteiger charge is 2.18. The molecule has 1 heterocycles. The molecule has 3 rings (SSSR count). The number of rotatable bonds is 1. The van der Waals surface area contributed by atoms with Gasteiger partial charge in [0.25, 0.3) is 0 Å². The van der Waals surface area contributed by atoms with Crippen LogP contribution in [-0.4, -0.2) is 9.55 Å². The van der Waals surface area contributed by atoms with Crippen LogP contribution in [0.5, 0.6) is 0 Å². The number of fused-ring (bicyclic) bond motifs is 1. The molecule has 0 saturated heterocycles. The van der Waals surface area contributed by atoms with E-state index < -0.39 is 29.0 Å². The number of imidazole rings is 1. The Bertz CT molecular complexity index is 909. The molecule has 3 aromatic rings. The molecule has 0 atom stereocenters. The van der Waals surface area contributed by atoms with Crippen molar-refractivity contribution in [2.75, 3.05) is 0 Å². The van der Waals surface area contributed by atoms with Gasteiger partial charge in [-0.2, -0.15) is 0 Å². The van der Waals surface area contributed by atoms with Crippen molar-refractivity contribution in [1.29, 1.82) is 0 Å². The lowest BCUT2D eigenvalue weighted by Crippen LogP contribution is -2.03. The summed E-state index contributed by atoms with van der Waals surface area (Å²) >= 11 is 10.6. The minimum absolute atomic E-state index is 0.0731. The molecular formula is C13H5ClF4N2S. The molecule has 0 unspecified atom stereocenters. The SMILES string of the molecule is Fc1cc(F)c(-n2c(=S)[nH]c3cc(Cl)c(F)cc32)c(F)c1. The zero-order valence-electron chi connectivity index (χ0n) is 10.1. The Balaban J connectivity index is 2.44. The molecule has 1 N–H and O–H groups in total. The van der Waals surface area contributed by atoms with E-state index in [2.05, 4.69) is 4.98 Å². The van der Waals surface area contributed by atoms with Crippen LogP contribution < -0.4 is 0 Å². The van der Waals surface area contributed by atoms with Crippen molar-refractivity contribution in [2.45, 2.75) is 0 Å². The smallest absolute Gasteiger partial charge is 0.182 e. The quantitative estimate of drug-likeness (QED) is 0.496. The summed E-state index contributed by atoms with van der Waals surface area (Å²) in [4.78, 5) is 2.66. The van der Waals surface area contributed by atoms with Gasteiger partial charge in [0.05, 0.1) is 16.1 Å². The predicted octanol–water partition coefficient (Wildman–Crippen LogP) is 4.90. The fraction of sp³-hybridized carbons (Fsp3) is 0. The largest absolute Gasteiger partial charge is 0.330 e. The van der Waals surface area contributed by atoms with Crippen LogP contribution in [0.25, 0.3) is 16.7 Å². The molecule has 0 spiro atoms. The first-order chi connectivity index (χ1) is 9.88. The van der Waals surface area contributed by atoms with Crippen LogP contribution in [0.3, 0.4) is 0 Å². The summed E-state index contributed by atoms with van der Waals surface area (Å²) < 4.78 is 55.2. The lowest BCUT2D eigenvalue weighted by molar-refractivity contribution is 0.534. The average molecular weight is 333 g/mol. The van der Waals surface area contributed by atoms with E-state index >= 15 is 0 Å². The van der Waals surface area contributed by atoms with Gasteiger partial charge in [-0.05, 0) is 18.3 Å². The van der Waals surface area contributed by atoms with Crippen LogP contribution in [0, 0.1) is 28.0 Å². The van der Waals surface area contributed by atoms with E-state index in [1.165, 1.54) is 6.07 Å². The normalized spacial score (nSPS) is 11.3. The molecule has 2 nitrogen and oxygen atoms in total. The van der Waals surface area contributed by atoms with Crippen LogP contribution >= 0.6 is 23.8 Å². The molecule has 0 fully saturated rings. The van der Waals surface area contributed by atoms with E-state index in [0.717, 1.165) is 10.6 Å². The molecule has 8 heteroatoms. The molecular weight excluding hydrogens is 328 g/mol. The highest BCUT2D eigenvalue weighted by Crippen LogP contribution is 2.28. The topological polar surface area (TPSA) is 20.7 Å². The van der Waals surface area contributed by atoms with Crippen LogP contribution in [-0.2, 0) is 0 Å². The predicted molar refractivity (Wildman–Crippen MR) is 73.3 cm³/mol. The van der Waals surface area contributed by atoms with Gasteiger partial charge in [-0.15, -0.1) is 0 Å². The maximum atomic E-state index is 13.9. The maximum Gasteiger partial charge on any atom is 0.182 e. The summed E-state index contributed by atoms with van der Waals surface area (Å²) in [6, 6.07) is 3.28. The Labute approximate surface area is 125 Å². The van der Waals surface area contributed by atoms with Gasteiger partial charge in [0.15, 0.2) is 16.4 Å². The Hall–Kier alpha value is -1.86. The third-order valence-electron chi connectivity index (χ3n) is 2.93. The number of benzene rings is 2. The number of halogens is 5. The highest BCUT2D eigenvalue weighted by molar-refractivity contribution is 7.71. The van der Waals surface area contributed by atoms with Gasteiger partial charge in [-0.1, -0.05) is 11.6 Å². The first-order valence-corrected chi connectivity index (χ1v) is 6.42. The molecule has 0 radical (unpaired) electrons.